The maximum Gasteiger partial charge on any atom is 0.240 e. The highest BCUT2D eigenvalue weighted by Crippen LogP contribution is 2.10. The Labute approximate surface area is 150 Å². The van der Waals surface area contributed by atoms with Crippen LogP contribution in [0.1, 0.15) is 63.0 Å². The van der Waals surface area contributed by atoms with Crippen molar-refractivity contribution in [2.24, 2.45) is 5.10 Å². The SMILES string of the molecule is CCCCCCCCC(=O)NN=C(c1ccccc1)c1ccncc1. The highest BCUT2D eigenvalue weighted by molar-refractivity contribution is 6.13. The van der Waals surface area contributed by atoms with E-state index in [9.17, 15) is 4.79 Å². The van der Waals surface area contributed by atoms with Crippen LogP contribution in [0.3, 0.4) is 0 Å². The molecule has 0 radical (unpaired) electrons. The van der Waals surface area contributed by atoms with Crippen molar-refractivity contribution in [1.29, 1.82) is 0 Å². The minimum atomic E-state index is -0.0296. The zero-order valence-electron chi connectivity index (χ0n) is 14.9. The van der Waals surface area contributed by atoms with Gasteiger partial charge in [-0.3, -0.25) is 9.78 Å². The molecule has 1 aromatic carbocycles. The Balaban J connectivity index is 1.93. The molecule has 0 unspecified atom stereocenters. The number of unbranched alkanes of at least 4 members (excludes halogenated alkanes) is 5. The van der Waals surface area contributed by atoms with Crippen molar-refractivity contribution in [2.75, 3.05) is 0 Å². The summed E-state index contributed by atoms with van der Waals surface area (Å²) >= 11 is 0. The molecule has 132 valence electrons. The van der Waals surface area contributed by atoms with Crippen molar-refractivity contribution in [2.45, 2.75) is 51.9 Å². The molecular formula is C21H27N3O. The number of nitrogens with zero attached hydrogens (tertiary/aromatic N) is 2. The van der Waals surface area contributed by atoms with E-state index in [2.05, 4.69) is 22.4 Å². The number of hydrogen-bond acceptors (Lipinski definition) is 3. The highest BCUT2D eigenvalue weighted by atomic mass is 16.2. The molecule has 0 aliphatic carbocycles. The number of benzene rings is 1. The average Bonchev–Trinajstić information content (AvgIpc) is 2.66. The number of hydrogen-bond donors (Lipinski definition) is 1. The van der Waals surface area contributed by atoms with Crippen LogP contribution in [-0.4, -0.2) is 16.6 Å². The van der Waals surface area contributed by atoms with Crippen LogP contribution in [-0.2, 0) is 4.79 Å². The van der Waals surface area contributed by atoms with Gasteiger partial charge in [0.05, 0.1) is 5.71 Å². The predicted octanol–water partition coefficient (Wildman–Crippen LogP) is 4.70. The van der Waals surface area contributed by atoms with Crippen molar-refractivity contribution in [3.63, 3.8) is 0 Å². The first-order valence-electron chi connectivity index (χ1n) is 9.13. The van der Waals surface area contributed by atoms with Crippen LogP contribution < -0.4 is 5.43 Å². The van der Waals surface area contributed by atoms with Gasteiger partial charge in [-0.2, -0.15) is 5.10 Å². The lowest BCUT2D eigenvalue weighted by atomic mass is 10.0. The molecule has 0 aliphatic heterocycles. The van der Waals surface area contributed by atoms with Gasteiger partial charge in [0, 0.05) is 29.9 Å². The van der Waals surface area contributed by atoms with Gasteiger partial charge < -0.3 is 0 Å². The molecule has 4 heteroatoms. The van der Waals surface area contributed by atoms with Crippen molar-refractivity contribution in [3.05, 3.63) is 66.0 Å². The molecule has 0 aliphatic rings. The topological polar surface area (TPSA) is 54.4 Å². The minimum Gasteiger partial charge on any atom is -0.273 e. The Hall–Kier alpha value is -2.49. The molecule has 1 N–H and O–H groups in total. The fourth-order valence-corrected chi connectivity index (χ4v) is 2.64. The Morgan fingerprint density at radius 3 is 2.28 bits per heavy atom. The molecule has 1 amide bonds. The maximum absolute atomic E-state index is 12.1. The second-order valence-corrected chi connectivity index (χ2v) is 6.12. The maximum atomic E-state index is 12.1. The van der Waals surface area contributed by atoms with Gasteiger partial charge in [0.2, 0.25) is 5.91 Å². The second kappa shape index (κ2) is 11.1. The van der Waals surface area contributed by atoms with Crippen LogP contribution >= 0.6 is 0 Å². The quantitative estimate of drug-likeness (QED) is 0.388. The highest BCUT2D eigenvalue weighted by Gasteiger charge is 2.08. The summed E-state index contributed by atoms with van der Waals surface area (Å²) in [6.07, 6.45) is 11.0. The monoisotopic (exact) mass is 337 g/mol. The molecule has 25 heavy (non-hydrogen) atoms. The predicted molar refractivity (Wildman–Crippen MR) is 102 cm³/mol. The Kier molecular flexibility index (Phi) is 8.39. The summed E-state index contributed by atoms with van der Waals surface area (Å²) < 4.78 is 0. The first-order valence-corrected chi connectivity index (χ1v) is 9.13. The molecule has 0 saturated heterocycles. The molecular weight excluding hydrogens is 310 g/mol. The summed E-state index contributed by atoms with van der Waals surface area (Å²) in [5, 5.41) is 4.38. The molecule has 2 aromatic rings. The number of hydrazone groups is 1. The van der Waals surface area contributed by atoms with E-state index in [1.54, 1.807) is 12.4 Å². The van der Waals surface area contributed by atoms with Crippen molar-refractivity contribution >= 4 is 11.6 Å². The number of aromatic nitrogens is 1. The largest absolute Gasteiger partial charge is 0.273 e. The summed E-state index contributed by atoms with van der Waals surface area (Å²) in [5.74, 6) is -0.0296. The summed E-state index contributed by atoms with van der Waals surface area (Å²) in [6.45, 7) is 2.21. The number of pyridine rings is 1. The van der Waals surface area contributed by atoms with E-state index in [-0.39, 0.29) is 5.91 Å². The van der Waals surface area contributed by atoms with Crippen molar-refractivity contribution in [1.82, 2.24) is 10.4 Å². The number of rotatable bonds is 10. The molecule has 1 heterocycles. The zero-order chi connectivity index (χ0) is 17.7. The first kappa shape index (κ1) is 18.8. The average molecular weight is 337 g/mol. The van der Waals surface area contributed by atoms with Crippen molar-refractivity contribution in [3.8, 4) is 0 Å². The van der Waals surface area contributed by atoms with Gasteiger partial charge in [-0.25, -0.2) is 5.43 Å². The molecule has 2 rings (SSSR count). The Morgan fingerprint density at radius 2 is 1.56 bits per heavy atom. The van der Waals surface area contributed by atoms with E-state index in [1.165, 1.54) is 25.7 Å². The van der Waals surface area contributed by atoms with E-state index >= 15 is 0 Å². The first-order chi connectivity index (χ1) is 12.3. The van der Waals surface area contributed by atoms with Gasteiger partial charge in [0.1, 0.15) is 0 Å². The fourth-order valence-electron chi connectivity index (χ4n) is 2.64. The molecule has 0 saturated carbocycles. The number of carbonyl (C=O) groups is 1. The van der Waals surface area contributed by atoms with Crippen LogP contribution in [0.5, 0.6) is 0 Å². The van der Waals surface area contributed by atoms with E-state index in [0.29, 0.717) is 6.42 Å². The Morgan fingerprint density at radius 1 is 0.920 bits per heavy atom. The molecule has 1 aromatic heterocycles. The Bertz CT molecular complexity index is 612. The van der Waals surface area contributed by atoms with Gasteiger partial charge in [-0.15, -0.1) is 0 Å². The van der Waals surface area contributed by atoms with Crippen LogP contribution in [0.2, 0.25) is 0 Å². The molecule has 0 bridgehead atoms. The third-order valence-corrected chi connectivity index (χ3v) is 4.05. The smallest absolute Gasteiger partial charge is 0.240 e. The van der Waals surface area contributed by atoms with E-state index < -0.39 is 0 Å². The van der Waals surface area contributed by atoms with Crippen molar-refractivity contribution < 1.29 is 4.79 Å². The summed E-state index contributed by atoms with van der Waals surface area (Å²) in [6, 6.07) is 13.6. The molecule has 0 atom stereocenters. The number of nitrogens with one attached hydrogen (secondary N) is 1. The standard InChI is InChI=1S/C21H27N3O/c1-2-3-4-5-6-10-13-20(25)23-24-21(18-11-8-7-9-12-18)19-14-16-22-17-15-19/h7-9,11-12,14-17H,2-6,10,13H2,1H3,(H,23,25). The normalized spacial score (nSPS) is 11.3. The lowest BCUT2D eigenvalue weighted by Crippen LogP contribution is -2.20. The zero-order valence-corrected chi connectivity index (χ0v) is 14.9. The van der Waals surface area contributed by atoms with Crippen LogP contribution in [0, 0.1) is 0 Å². The van der Waals surface area contributed by atoms with Gasteiger partial charge in [-0.1, -0.05) is 69.4 Å². The van der Waals surface area contributed by atoms with E-state index in [4.69, 9.17) is 0 Å². The van der Waals surface area contributed by atoms with Gasteiger partial charge in [-0.05, 0) is 18.6 Å². The van der Waals surface area contributed by atoms with Gasteiger partial charge >= 0.3 is 0 Å². The number of amides is 1. The number of carbonyl (C=O) groups excluding carboxylic acids is 1. The third kappa shape index (κ3) is 6.87. The van der Waals surface area contributed by atoms with Crippen LogP contribution in [0.4, 0.5) is 0 Å². The fraction of sp³-hybridized carbons (Fsp3) is 0.381. The van der Waals surface area contributed by atoms with Gasteiger partial charge in [0.25, 0.3) is 0 Å². The molecule has 0 spiro atoms. The lowest BCUT2D eigenvalue weighted by Gasteiger charge is -2.08. The third-order valence-electron chi connectivity index (χ3n) is 4.05. The summed E-state index contributed by atoms with van der Waals surface area (Å²) in [7, 11) is 0. The van der Waals surface area contributed by atoms with E-state index in [1.807, 2.05) is 42.5 Å². The summed E-state index contributed by atoms with van der Waals surface area (Å²) in [5.41, 5.74) is 5.36. The minimum absolute atomic E-state index is 0.0296. The van der Waals surface area contributed by atoms with Crippen LogP contribution in [0.15, 0.2) is 60.0 Å². The lowest BCUT2D eigenvalue weighted by molar-refractivity contribution is -0.121. The van der Waals surface area contributed by atoms with Crippen LogP contribution in [0.25, 0.3) is 0 Å². The van der Waals surface area contributed by atoms with E-state index in [0.717, 1.165) is 29.7 Å². The molecule has 4 nitrogen and oxygen atoms in total. The second-order valence-electron chi connectivity index (χ2n) is 6.12. The summed E-state index contributed by atoms with van der Waals surface area (Å²) in [4.78, 5) is 16.1. The van der Waals surface area contributed by atoms with Gasteiger partial charge in [0.15, 0.2) is 0 Å². The molecule has 0 fully saturated rings.